The van der Waals surface area contributed by atoms with E-state index in [4.69, 9.17) is 10.5 Å². The minimum absolute atomic E-state index is 0.148. The van der Waals surface area contributed by atoms with Crippen LogP contribution in [-0.2, 0) is 4.74 Å². The summed E-state index contributed by atoms with van der Waals surface area (Å²) in [5.41, 5.74) is 6.29. The van der Waals surface area contributed by atoms with E-state index in [2.05, 4.69) is 27.7 Å². The smallest absolute Gasteiger partial charge is 0.0773 e. The fourth-order valence-electron chi connectivity index (χ4n) is 2.37. The maximum absolute atomic E-state index is 6.14. The fourth-order valence-corrected chi connectivity index (χ4v) is 2.37. The predicted molar refractivity (Wildman–Crippen MR) is 69.4 cm³/mol. The molecule has 0 aromatic carbocycles. The molecule has 0 spiro atoms. The van der Waals surface area contributed by atoms with Crippen molar-refractivity contribution in [2.75, 3.05) is 6.61 Å². The first-order valence-electron chi connectivity index (χ1n) is 6.82. The Labute approximate surface area is 101 Å². The largest absolute Gasteiger partial charge is 0.376 e. The van der Waals surface area contributed by atoms with Gasteiger partial charge in [-0.05, 0) is 24.2 Å². The molecule has 96 valence electrons. The summed E-state index contributed by atoms with van der Waals surface area (Å²) in [4.78, 5) is 0. The van der Waals surface area contributed by atoms with E-state index in [-0.39, 0.29) is 17.6 Å². The molecule has 2 heteroatoms. The molecule has 1 aliphatic rings. The number of hydrogen-bond donors (Lipinski definition) is 1. The summed E-state index contributed by atoms with van der Waals surface area (Å²) in [6.45, 7) is 9.68. The molecule has 0 aliphatic heterocycles. The maximum Gasteiger partial charge on any atom is 0.0773 e. The van der Waals surface area contributed by atoms with Gasteiger partial charge in [0, 0.05) is 12.6 Å². The predicted octanol–water partition coefficient (Wildman–Crippen LogP) is 3.35. The summed E-state index contributed by atoms with van der Waals surface area (Å²) in [7, 11) is 0. The molecule has 1 fully saturated rings. The highest BCUT2D eigenvalue weighted by molar-refractivity contribution is 4.83. The zero-order valence-electron chi connectivity index (χ0n) is 11.5. The van der Waals surface area contributed by atoms with Gasteiger partial charge in [0.05, 0.1) is 6.10 Å². The minimum atomic E-state index is 0.148. The molecule has 0 amide bonds. The highest BCUT2D eigenvalue weighted by atomic mass is 16.5. The molecule has 0 bridgehead atoms. The lowest BCUT2D eigenvalue weighted by molar-refractivity contribution is -0.0414. The van der Waals surface area contributed by atoms with Crippen molar-refractivity contribution < 1.29 is 4.74 Å². The van der Waals surface area contributed by atoms with Crippen LogP contribution >= 0.6 is 0 Å². The van der Waals surface area contributed by atoms with E-state index in [1.165, 1.54) is 25.7 Å². The zero-order chi connectivity index (χ0) is 12.2. The number of ether oxygens (including phenoxy) is 1. The molecule has 2 nitrogen and oxygen atoms in total. The molecule has 0 aromatic heterocycles. The third kappa shape index (κ3) is 4.06. The van der Waals surface area contributed by atoms with Crippen LogP contribution in [0.15, 0.2) is 0 Å². The topological polar surface area (TPSA) is 35.2 Å². The molecule has 0 radical (unpaired) electrons. The molecule has 1 rings (SSSR count). The summed E-state index contributed by atoms with van der Waals surface area (Å²) in [5, 5.41) is 0. The number of hydrogen-bond acceptors (Lipinski definition) is 2. The van der Waals surface area contributed by atoms with Crippen LogP contribution in [0.25, 0.3) is 0 Å². The van der Waals surface area contributed by atoms with E-state index in [1.807, 2.05) is 0 Å². The van der Waals surface area contributed by atoms with Crippen molar-refractivity contribution in [2.45, 2.75) is 71.9 Å². The molecule has 1 saturated carbocycles. The Morgan fingerprint density at radius 3 is 2.31 bits per heavy atom. The lowest BCUT2D eigenvalue weighted by atomic mass is 9.82. The second-order valence-electron chi connectivity index (χ2n) is 6.32. The maximum atomic E-state index is 6.14. The standard InChI is InChI=1S/C14H29NO/c1-5-12(15)13(14(2,3)4)16-10-9-11-7-6-8-11/h11-13H,5-10,15H2,1-4H3. The Morgan fingerprint density at radius 1 is 1.31 bits per heavy atom. The van der Waals surface area contributed by atoms with E-state index < -0.39 is 0 Å². The Kier molecular flexibility index (Phi) is 5.26. The van der Waals surface area contributed by atoms with Gasteiger partial charge in [-0.2, -0.15) is 0 Å². The second kappa shape index (κ2) is 6.02. The van der Waals surface area contributed by atoms with Gasteiger partial charge >= 0.3 is 0 Å². The van der Waals surface area contributed by atoms with Crippen molar-refractivity contribution >= 4 is 0 Å². The average Bonchev–Trinajstić information content (AvgIpc) is 2.12. The Balaban J connectivity index is 2.31. The normalized spacial score (nSPS) is 21.6. The van der Waals surface area contributed by atoms with Gasteiger partial charge in [-0.25, -0.2) is 0 Å². The minimum Gasteiger partial charge on any atom is -0.376 e. The molecule has 2 atom stereocenters. The summed E-state index contributed by atoms with van der Waals surface area (Å²) in [6, 6.07) is 0.168. The van der Waals surface area contributed by atoms with Crippen LogP contribution in [0, 0.1) is 11.3 Å². The van der Waals surface area contributed by atoms with Crippen LogP contribution in [0.1, 0.15) is 59.8 Å². The molecular weight excluding hydrogens is 198 g/mol. The van der Waals surface area contributed by atoms with Crippen LogP contribution in [0.4, 0.5) is 0 Å². The Bertz CT molecular complexity index is 193. The van der Waals surface area contributed by atoms with Gasteiger partial charge in [0.1, 0.15) is 0 Å². The molecule has 0 aromatic rings. The summed E-state index contributed by atoms with van der Waals surface area (Å²) in [6.07, 6.45) is 6.64. The highest BCUT2D eigenvalue weighted by Gasteiger charge is 2.30. The zero-order valence-corrected chi connectivity index (χ0v) is 11.5. The van der Waals surface area contributed by atoms with E-state index in [9.17, 15) is 0 Å². The van der Waals surface area contributed by atoms with Gasteiger partial charge in [-0.3, -0.25) is 0 Å². The van der Waals surface area contributed by atoms with Crippen molar-refractivity contribution in [3.8, 4) is 0 Å². The van der Waals surface area contributed by atoms with Crippen molar-refractivity contribution in [1.82, 2.24) is 0 Å². The molecule has 0 saturated heterocycles. The van der Waals surface area contributed by atoms with Gasteiger partial charge in [0.25, 0.3) is 0 Å². The van der Waals surface area contributed by atoms with Crippen LogP contribution in [-0.4, -0.2) is 18.8 Å². The third-order valence-corrected chi connectivity index (χ3v) is 3.76. The van der Waals surface area contributed by atoms with Crippen molar-refractivity contribution in [3.05, 3.63) is 0 Å². The first kappa shape index (κ1) is 14.0. The molecule has 2 N–H and O–H groups in total. The highest BCUT2D eigenvalue weighted by Crippen LogP contribution is 2.31. The fraction of sp³-hybridized carbons (Fsp3) is 1.00. The van der Waals surface area contributed by atoms with Gasteiger partial charge in [-0.1, -0.05) is 47.0 Å². The summed E-state index contributed by atoms with van der Waals surface area (Å²) < 4.78 is 6.04. The van der Waals surface area contributed by atoms with E-state index in [1.54, 1.807) is 0 Å². The summed E-state index contributed by atoms with van der Waals surface area (Å²) >= 11 is 0. The second-order valence-corrected chi connectivity index (χ2v) is 6.32. The first-order valence-corrected chi connectivity index (χ1v) is 6.82. The van der Waals surface area contributed by atoms with Crippen molar-refractivity contribution in [2.24, 2.45) is 17.1 Å². The van der Waals surface area contributed by atoms with Crippen LogP contribution in [0.5, 0.6) is 0 Å². The van der Waals surface area contributed by atoms with Crippen LogP contribution in [0.2, 0.25) is 0 Å². The monoisotopic (exact) mass is 227 g/mol. The lowest BCUT2D eigenvalue weighted by Gasteiger charge is -2.35. The van der Waals surface area contributed by atoms with Gasteiger partial charge in [0.15, 0.2) is 0 Å². The molecule has 1 aliphatic carbocycles. The van der Waals surface area contributed by atoms with E-state index in [0.717, 1.165) is 18.9 Å². The van der Waals surface area contributed by atoms with E-state index in [0.29, 0.717) is 0 Å². The van der Waals surface area contributed by atoms with Gasteiger partial charge in [-0.15, -0.1) is 0 Å². The molecule has 16 heavy (non-hydrogen) atoms. The molecular formula is C14H29NO. The number of rotatable bonds is 6. The SMILES string of the molecule is CCC(N)C(OCCC1CCC1)C(C)(C)C. The van der Waals surface area contributed by atoms with E-state index >= 15 is 0 Å². The van der Waals surface area contributed by atoms with Crippen molar-refractivity contribution in [1.29, 1.82) is 0 Å². The quantitative estimate of drug-likeness (QED) is 0.755. The van der Waals surface area contributed by atoms with Gasteiger partial charge in [0.2, 0.25) is 0 Å². The molecule has 2 unspecified atom stereocenters. The van der Waals surface area contributed by atoms with Crippen LogP contribution < -0.4 is 5.73 Å². The Hall–Kier alpha value is -0.0800. The molecule has 0 heterocycles. The average molecular weight is 227 g/mol. The summed E-state index contributed by atoms with van der Waals surface area (Å²) in [5.74, 6) is 0.929. The number of nitrogens with two attached hydrogens (primary N) is 1. The Morgan fingerprint density at radius 2 is 1.94 bits per heavy atom. The van der Waals surface area contributed by atoms with Crippen LogP contribution in [0.3, 0.4) is 0 Å². The van der Waals surface area contributed by atoms with Gasteiger partial charge < -0.3 is 10.5 Å². The van der Waals surface area contributed by atoms with Crippen molar-refractivity contribution in [3.63, 3.8) is 0 Å². The third-order valence-electron chi connectivity index (χ3n) is 3.76. The lowest BCUT2D eigenvalue weighted by Crippen LogP contribution is -2.45. The first-order chi connectivity index (χ1) is 7.45.